The van der Waals surface area contributed by atoms with E-state index < -0.39 is 5.97 Å². The first kappa shape index (κ1) is 12.4. The quantitative estimate of drug-likeness (QED) is 0.535. The Balaban J connectivity index is 0. The average Bonchev–Trinajstić information content (AvgIpc) is 1.83. The summed E-state index contributed by atoms with van der Waals surface area (Å²) in [6, 6.07) is -0.388. The normalized spacial score (nSPS) is 11.8. The van der Waals surface area contributed by atoms with Crippen LogP contribution in [0.5, 0.6) is 0 Å². The highest BCUT2D eigenvalue weighted by atomic mass is 35.5. The number of hydrogen-bond donors (Lipinski definition) is 3. The van der Waals surface area contributed by atoms with Crippen molar-refractivity contribution in [2.45, 2.75) is 18.9 Å². The third-order valence-electron chi connectivity index (χ3n) is 0.964. The molecule has 5 heteroatoms. The van der Waals surface area contributed by atoms with Gasteiger partial charge in [-0.1, -0.05) is 0 Å². The minimum atomic E-state index is -0.876. The van der Waals surface area contributed by atoms with Crippen molar-refractivity contribution in [2.75, 3.05) is 6.61 Å². The molecule has 4 nitrogen and oxygen atoms in total. The summed E-state index contributed by atoms with van der Waals surface area (Å²) >= 11 is 0. The van der Waals surface area contributed by atoms with Gasteiger partial charge in [0.25, 0.3) is 0 Å². The zero-order valence-electron chi connectivity index (χ0n) is 5.49. The van der Waals surface area contributed by atoms with Crippen molar-refractivity contribution in [3.63, 3.8) is 0 Å². The van der Waals surface area contributed by atoms with Crippen LogP contribution >= 0.6 is 12.4 Å². The van der Waals surface area contributed by atoms with E-state index in [1.165, 1.54) is 0 Å². The van der Waals surface area contributed by atoms with Crippen molar-refractivity contribution in [3.05, 3.63) is 0 Å². The van der Waals surface area contributed by atoms with Crippen LogP contribution in [-0.4, -0.2) is 28.8 Å². The van der Waals surface area contributed by atoms with Crippen LogP contribution in [0, 0.1) is 0 Å². The highest BCUT2D eigenvalue weighted by Crippen LogP contribution is 1.91. The van der Waals surface area contributed by atoms with Crippen LogP contribution < -0.4 is 5.73 Å². The number of nitrogens with two attached hydrogens (primary N) is 1. The molecule has 0 saturated carbocycles. The van der Waals surface area contributed by atoms with Crippen LogP contribution in [0.1, 0.15) is 12.8 Å². The van der Waals surface area contributed by atoms with Gasteiger partial charge in [0.15, 0.2) is 0 Å². The van der Waals surface area contributed by atoms with E-state index in [4.69, 9.17) is 15.9 Å². The second kappa shape index (κ2) is 6.80. The summed E-state index contributed by atoms with van der Waals surface area (Å²) in [5.74, 6) is -0.876. The molecule has 0 aromatic heterocycles. The van der Waals surface area contributed by atoms with Gasteiger partial charge in [0.05, 0.1) is 6.61 Å². The molecule has 0 fully saturated rings. The van der Waals surface area contributed by atoms with Crippen LogP contribution in [0.2, 0.25) is 0 Å². The van der Waals surface area contributed by atoms with E-state index in [1.54, 1.807) is 0 Å². The number of rotatable bonds is 4. The van der Waals surface area contributed by atoms with Crippen molar-refractivity contribution in [3.8, 4) is 0 Å². The summed E-state index contributed by atoms with van der Waals surface area (Å²) in [6.07, 6.45) is 0.369. The topological polar surface area (TPSA) is 83.5 Å². The minimum Gasteiger partial charge on any atom is -0.481 e. The van der Waals surface area contributed by atoms with Crippen LogP contribution in [0.15, 0.2) is 0 Å². The molecule has 0 aliphatic carbocycles. The SMILES string of the molecule is Cl.NC(CO)CCC(=O)O. The molecule has 1 unspecified atom stereocenters. The first-order valence-electron chi connectivity index (χ1n) is 2.75. The Labute approximate surface area is 65.4 Å². The van der Waals surface area contributed by atoms with Gasteiger partial charge in [-0.15, -0.1) is 12.4 Å². The van der Waals surface area contributed by atoms with Crippen molar-refractivity contribution in [1.29, 1.82) is 0 Å². The molecule has 62 valence electrons. The fraction of sp³-hybridized carbons (Fsp3) is 0.800. The molecule has 0 radical (unpaired) electrons. The first-order valence-corrected chi connectivity index (χ1v) is 2.75. The van der Waals surface area contributed by atoms with Crippen LogP contribution in [-0.2, 0) is 4.79 Å². The van der Waals surface area contributed by atoms with Gasteiger partial charge in [0.1, 0.15) is 0 Å². The highest BCUT2D eigenvalue weighted by molar-refractivity contribution is 5.85. The number of hydrogen-bond acceptors (Lipinski definition) is 3. The predicted molar refractivity (Wildman–Crippen MR) is 39.2 cm³/mol. The van der Waals surface area contributed by atoms with E-state index in [0.717, 1.165) is 0 Å². The maximum Gasteiger partial charge on any atom is 0.303 e. The van der Waals surface area contributed by atoms with E-state index in [1.807, 2.05) is 0 Å². The van der Waals surface area contributed by atoms with Crippen molar-refractivity contribution >= 4 is 18.4 Å². The molecule has 1 atom stereocenters. The minimum absolute atomic E-state index is 0. The number of aliphatic hydroxyl groups is 1. The fourth-order valence-corrected chi connectivity index (χ4v) is 0.400. The molecule has 0 rings (SSSR count). The summed E-state index contributed by atoms with van der Waals surface area (Å²) < 4.78 is 0. The molecule has 4 N–H and O–H groups in total. The number of carbonyl (C=O) groups is 1. The van der Waals surface area contributed by atoms with Gasteiger partial charge >= 0.3 is 5.97 Å². The van der Waals surface area contributed by atoms with E-state index >= 15 is 0 Å². The van der Waals surface area contributed by atoms with Gasteiger partial charge in [-0.2, -0.15) is 0 Å². The van der Waals surface area contributed by atoms with Crippen molar-refractivity contribution < 1.29 is 15.0 Å². The summed E-state index contributed by atoms with van der Waals surface area (Å²) in [5.41, 5.74) is 5.21. The Kier molecular flexibility index (Phi) is 8.40. The molecule has 0 aromatic carbocycles. The zero-order chi connectivity index (χ0) is 7.28. The average molecular weight is 170 g/mol. The Morgan fingerprint density at radius 3 is 2.40 bits per heavy atom. The Morgan fingerprint density at radius 2 is 2.10 bits per heavy atom. The summed E-state index contributed by atoms with van der Waals surface area (Å²) in [7, 11) is 0. The predicted octanol–water partition coefficient (Wildman–Crippen LogP) is -0.407. The molecule has 0 spiro atoms. The summed E-state index contributed by atoms with van der Waals surface area (Å²) in [6.45, 7) is -0.146. The molecular formula is C5H12ClNO3. The number of carboxylic acids is 1. The van der Waals surface area contributed by atoms with Gasteiger partial charge < -0.3 is 15.9 Å². The van der Waals surface area contributed by atoms with E-state index in [-0.39, 0.29) is 31.5 Å². The molecule has 0 aliphatic rings. The molecule has 10 heavy (non-hydrogen) atoms. The van der Waals surface area contributed by atoms with E-state index in [0.29, 0.717) is 6.42 Å². The third kappa shape index (κ3) is 7.68. The zero-order valence-corrected chi connectivity index (χ0v) is 6.30. The maximum atomic E-state index is 9.88. The first-order chi connectivity index (χ1) is 4.16. The lowest BCUT2D eigenvalue weighted by Gasteiger charge is -2.03. The summed E-state index contributed by atoms with van der Waals surface area (Å²) in [4.78, 5) is 9.88. The molecule has 0 aromatic rings. The smallest absolute Gasteiger partial charge is 0.303 e. The lowest BCUT2D eigenvalue weighted by Crippen LogP contribution is -2.24. The van der Waals surface area contributed by atoms with Gasteiger partial charge in [-0.3, -0.25) is 4.79 Å². The lowest BCUT2D eigenvalue weighted by atomic mass is 10.2. The number of carboxylic acid groups (broad SMARTS) is 1. The second-order valence-electron chi connectivity index (χ2n) is 1.88. The van der Waals surface area contributed by atoms with E-state index in [9.17, 15) is 4.79 Å². The third-order valence-corrected chi connectivity index (χ3v) is 0.964. The molecule has 0 saturated heterocycles. The molecule has 0 aliphatic heterocycles. The van der Waals surface area contributed by atoms with Crippen molar-refractivity contribution in [2.24, 2.45) is 5.73 Å². The lowest BCUT2D eigenvalue weighted by molar-refractivity contribution is -0.137. The molecule has 0 heterocycles. The van der Waals surface area contributed by atoms with Gasteiger partial charge in [0, 0.05) is 12.5 Å². The van der Waals surface area contributed by atoms with Crippen LogP contribution in [0.25, 0.3) is 0 Å². The highest BCUT2D eigenvalue weighted by Gasteiger charge is 2.02. The van der Waals surface area contributed by atoms with Gasteiger partial charge in [-0.25, -0.2) is 0 Å². The number of halogens is 1. The number of aliphatic carboxylic acids is 1. The van der Waals surface area contributed by atoms with E-state index in [2.05, 4.69) is 0 Å². The Morgan fingerprint density at radius 1 is 1.60 bits per heavy atom. The Hall–Kier alpha value is -0.320. The number of aliphatic hydroxyl groups excluding tert-OH is 1. The largest absolute Gasteiger partial charge is 0.481 e. The monoisotopic (exact) mass is 169 g/mol. The molecule has 0 bridgehead atoms. The Bertz CT molecular complexity index is 98.9. The van der Waals surface area contributed by atoms with Crippen LogP contribution in [0.3, 0.4) is 0 Å². The molecule has 0 amide bonds. The van der Waals surface area contributed by atoms with Crippen LogP contribution in [0.4, 0.5) is 0 Å². The second-order valence-corrected chi connectivity index (χ2v) is 1.88. The van der Waals surface area contributed by atoms with Crippen molar-refractivity contribution in [1.82, 2.24) is 0 Å². The fourth-order valence-electron chi connectivity index (χ4n) is 0.400. The standard InChI is InChI=1S/C5H11NO3.ClH/c6-4(3-7)1-2-5(8)9;/h4,7H,1-3,6H2,(H,8,9);1H. The summed E-state index contributed by atoms with van der Waals surface area (Å²) in [5, 5.41) is 16.5. The van der Waals surface area contributed by atoms with Gasteiger partial charge in [0.2, 0.25) is 0 Å². The van der Waals surface area contributed by atoms with Gasteiger partial charge in [-0.05, 0) is 6.42 Å². The maximum absolute atomic E-state index is 9.88. The molecular weight excluding hydrogens is 158 g/mol.